The Hall–Kier alpha value is -2.82. The third-order valence-electron chi connectivity index (χ3n) is 7.21. The summed E-state index contributed by atoms with van der Waals surface area (Å²) in [5.41, 5.74) is 4.42. The number of hydrogen-bond donors (Lipinski definition) is 1. The van der Waals surface area contributed by atoms with Crippen molar-refractivity contribution in [2.45, 2.75) is 51.1 Å². The summed E-state index contributed by atoms with van der Waals surface area (Å²) in [5.74, 6) is 0.599. The number of nitrogens with zero attached hydrogens (tertiary/aromatic N) is 2. The molecule has 1 N–H and O–H groups in total. The van der Waals surface area contributed by atoms with Crippen molar-refractivity contribution in [2.24, 2.45) is 5.92 Å². The first-order chi connectivity index (χ1) is 15.2. The van der Waals surface area contributed by atoms with Gasteiger partial charge >= 0.3 is 0 Å². The average Bonchev–Trinajstić information content (AvgIpc) is 2.77. The van der Waals surface area contributed by atoms with Gasteiger partial charge in [-0.15, -0.1) is 0 Å². The molecule has 2 aromatic carbocycles. The lowest BCUT2D eigenvalue weighted by Crippen LogP contribution is -2.47. The summed E-state index contributed by atoms with van der Waals surface area (Å²) in [7, 11) is 0. The van der Waals surface area contributed by atoms with Gasteiger partial charge in [0.05, 0.1) is 5.56 Å². The van der Waals surface area contributed by atoms with Crippen LogP contribution in [0, 0.1) is 5.92 Å². The molecule has 0 radical (unpaired) electrons. The molecular weight excluding hydrogens is 386 g/mol. The van der Waals surface area contributed by atoms with Gasteiger partial charge in [-0.25, -0.2) is 0 Å². The van der Waals surface area contributed by atoms with Crippen LogP contribution in [-0.4, -0.2) is 42.4 Å². The number of fused-ring (bicyclic) bond motifs is 1. The molecular formula is C26H31N3O2. The van der Waals surface area contributed by atoms with Gasteiger partial charge in [0.15, 0.2) is 0 Å². The molecule has 5 heteroatoms. The molecule has 3 aliphatic rings. The number of amides is 2. The summed E-state index contributed by atoms with van der Waals surface area (Å²) in [6.45, 7) is 3.17. The Labute approximate surface area is 184 Å². The molecule has 0 aromatic heterocycles. The van der Waals surface area contributed by atoms with Gasteiger partial charge in [0.1, 0.15) is 0 Å². The second-order valence-corrected chi connectivity index (χ2v) is 9.16. The molecule has 1 saturated heterocycles. The number of piperidine rings is 1. The van der Waals surface area contributed by atoms with Crippen LogP contribution >= 0.6 is 0 Å². The van der Waals surface area contributed by atoms with Gasteiger partial charge in [0.2, 0.25) is 5.91 Å². The van der Waals surface area contributed by atoms with Gasteiger partial charge in [0.25, 0.3) is 5.91 Å². The lowest BCUT2D eigenvalue weighted by Gasteiger charge is -2.37. The Morgan fingerprint density at radius 1 is 0.839 bits per heavy atom. The van der Waals surface area contributed by atoms with Crippen LogP contribution in [-0.2, 0) is 17.8 Å². The maximum Gasteiger partial charge on any atom is 0.256 e. The van der Waals surface area contributed by atoms with Crippen molar-refractivity contribution in [3.05, 3.63) is 65.2 Å². The molecule has 5 rings (SSSR count). The van der Waals surface area contributed by atoms with Gasteiger partial charge in [-0.05, 0) is 55.4 Å². The summed E-state index contributed by atoms with van der Waals surface area (Å²) in [6, 6.07) is 16.7. The monoisotopic (exact) mass is 417 g/mol. The zero-order chi connectivity index (χ0) is 21.2. The molecule has 2 aliphatic heterocycles. The van der Waals surface area contributed by atoms with Gasteiger partial charge in [-0.3, -0.25) is 9.59 Å². The van der Waals surface area contributed by atoms with Crippen LogP contribution in [0.3, 0.4) is 0 Å². The van der Waals surface area contributed by atoms with Crippen molar-refractivity contribution in [3.8, 4) is 0 Å². The third-order valence-corrected chi connectivity index (χ3v) is 7.21. The molecule has 2 fully saturated rings. The first-order valence-electron chi connectivity index (χ1n) is 11.7. The maximum atomic E-state index is 13.4. The minimum atomic E-state index is 0.116. The highest BCUT2D eigenvalue weighted by Gasteiger charge is 2.30. The second-order valence-electron chi connectivity index (χ2n) is 9.16. The highest BCUT2D eigenvalue weighted by atomic mass is 16.2. The smallest absolute Gasteiger partial charge is 0.256 e. The number of para-hydroxylation sites is 1. The fourth-order valence-corrected chi connectivity index (χ4v) is 5.02. The van der Waals surface area contributed by atoms with E-state index in [-0.39, 0.29) is 23.8 Å². The molecule has 1 aliphatic carbocycles. The van der Waals surface area contributed by atoms with E-state index in [1.807, 2.05) is 23.1 Å². The van der Waals surface area contributed by atoms with E-state index in [4.69, 9.17) is 0 Å². The van der Waals surface area contributed by atoms with Crippen LogP contribution in [0.4, 0.5) is 5.69 Å². The number of carbonyl (C=O) groups is 2. The van der Waals surface area contributed by atoms with Crippen LogP contribution in [0.2, 0.25) is 0 Å². The summed E-state index contributed by atoms with van der Waals surface area (Å²) in [6.07, 6.45) is 6.04. The third kappa shape index (κ3) is 4.18. The maximum absolute atomic E-state index is 13.4. The van der Waals surface area contributed by atoms with E-state index in [0.717, 1.165) is 63.0 Å². The Morgan fingerprint density at radius 3 is 2.29 bits per heavy atom. The predicted octanol–water partition coefficient (Wildman–Crippen LogP) is 3.77. The summed E-state index contributed by atoms with van der Waals surface area (Å²) >= 11 is 0. The Bertz CT molecular complexity index is 961. The summed E-state index contributed by atoms with van der Waals surface area (Å²) in [4.78, 5) is 30.0. The van der Waals surface area contributed by atoms with Crippen LogP contribution in [0.5, 0.6) is 0 Å². The fraction of sp³-hybridized carbons (Fsp3) is 0.462. The number of anilines is 1. The lowest BCUT2D eigenvalue weighted by atomic mass is 9.84. The normalized spacial score (nSPS) is 19.5. The minimum Gasteiger partial charge on any atom is -0.371 e. The van der Waals surface area contributed by atoms with Crippen molar-refractivity contribution < 1.29 is 9.59 Å². The van der Waals surface area contributed by atoms with Crippen molar-refractivity contribution in [2.75, 3.05) is 24.5 Å². The highest BCUT2D eigenvalue weighted by Crippen LogP contribution is 2.29. The Balaban J connectivity index is 1.25. The van der Waals surface area contributed by atoms with E-state index < -0.39 is 0 Å². The molecule has 2 heterocycles. The number of carbonyl (C=O) groups excluding carboxylic acids is 2. The molecule has 2 amide bonds. The van der Waals surface area contributed by atoms with Crippen molar-refractivity contribution in [3.63, 3.8) is 0 Å². The standard InChI is InChI=1S/C26H31N3O2/c30-25(20-8-5-9-20)27-22-13-16-28(17-14-22)24-11-4-3-10-23(24)26(31)29-15-12-19-6-1-2-7-21(19)18-29/h1-4,6-7,10-11,20,22H,5,8-9,12-18H2,(H,27,30). The molecule has 1 saturated carbocycles. The van der Waals surface area contributed by atoms with Gasteiger partial charge < -0.3 is 15.1 Å². The van der Waals surface area contributed by atoms with Gasteiger partial charge in [-0.1, -0.05) is 42.8 Å². The molecule has 0 spiro atoms. The van der Waals surface area contributed by atoms with Gasteiger partial charge in [0, 0.05) is 43.8 Å². The largest absolute Gasteiger partial charge is 0.371 e. The quantitative estimate of drug-likeness (QED) is 0.824. The number of hydrogen-bond acceptors (Lipinski definition) is 3. The zero-order valence-corrected chi connectivity index (χ0v) is 18.1. The molecule has 2 aromatic rings. The number of rotatable bonds is 4. The first-order valence-corrected chi connectivity index (χ1v) is 11.7. The summed E-state index contributed by atoms with van der Waals surface area (Å²) in [5, 5.41) is 3.25. The topological polar surface area (TPSA) is 52.7 Å². The number of nitrogens with one attached hydrogen (secondary N) is 1. The van der Waals surface area contributed by atoms with E-state index in [9.17, 15) is 9.59 Å². The van der Waals surface area contributed by atoms with Crippen LogP contribution in [0.25, 0.3) is 0 Å². The zero-order valence-electron chi connectivity index (χ0n) is 18.1. The minimum absolute atomic E-state index is 0.116. The lowest BCUT2D eigenvalue weighted by molar-refractivity contribution is -0.128. The molecule has 31 heavy (non-hydrogen) atoms. The van der Waals surface area contributed by atoms with Crippen LogP contribution < -0.4 is 10.2 Å². The second kappa shape index (κ2) is 8.74. The first kappa shape index (κ1) is 20.1. The Morgan fingerprint density at radius 2 is 1.55 bits per heavy atom. The molecule has 5 nitrogen and oxygen atoms in total. The van der Waals surface area contributed by atoms with Crippen LogP contribution in [0.15, 0.2) is 48.5 Å². The predicted molar refractivity (Wildman–Crippen MR) is 122 cm³/mol. The SMILES string of the molecule is O=C(NC1CCN(c2ccccc2C(=O)N2CCc3ccccc3C2)CC1)C1CCC1. The summed E-state index contributed by atoms with van der Waals surface area (Å²) < 4.78 is 0. The van der Waals surface area contributed by atoms with E-state index in [0.29, 0.717) is 6.54 Å². The molecule has 0 atom stereocenters. The van der Waals surface area contributed by atoms with Crippen molar-refractivity contribution in [1.29, 1.82) is 0 Å². The van der Waals surface area contributed by atoms with Gasteiger partial charge in [-0.2, -0.15) is 0 Å². The fourth-order valence-electron chi connectivity index (χ4n) is 5.02. The van der Waals surface area contributed by atoms with Crippen molar-refractivity contribution in [1.82, 2.24) is 10.2 Å². The van der Waals surface area contributed by atoms with Crippen molar-refractivity contribution >= 4 is 17.5 Å². The van der Waals surface area contributed by atoms with E-state index in [2.05, 4.69) is 40.5 Å². The van der Waals surface area contributed by atoms with E-state index >= 15 is 0 Å². The number of benzene rings is 2. The van der Waals surface area contributed by atoms with E-state index in [1.54, 1.807) is 0 Å². The van der Waals surface area contributed by atoms with E-state index in [1.165, 1.54) is 17.5 Å². The highest BCUT2D eigenvalue weighted by molar-refractivity contribution is 6.00. The molecule has 0 unspecified atom stereocenters. The Kier molecular flexibility index (Phi) is 5.66. The molecule has 162 valence electrons. The van der Waals surface area contributed by atoms with Crippen LogP contribution in [0.1, 0.15) is 53.6 Å². The molecule has 0 bridgehead atoms. The average molecular weight is 418 g/mol.